The van der Waals surface area contributed by atoms with Gasteiger partial charge in [0.2, 0.25) is 0 Å². The molecule has 0 bridgehead atoms. The molecule has 3 nitrogen and oxygen atoms in total. The molecule has 1 fully saturated rings. The van der Waals surface area contributed by atoms with Crippen molar-refractivity contribution >= 4 is 0 Å². The van der Waals surface area contributed by atoms with Crippen LogP contribution in [0.15, 0.2) is 0 Å². The van der Waals surface area contributed by atoms with Crippen LogP contribution in [0.2, 0.25) is 0 Å². The zero-order valence-corrected chi connectivity index (χ0v) is 5.76. The minimum atomic E-state index is -0.750. The molecule has 1 aliphatic heterocycles. The highest BCUT2D eigenvalue weighted by atomic mass is 16.7. The molecule has 3 heteroatoms. The molecule has 9 heavy (non-hydrogen) atoms. The molecule has 0 aromatic carbocycles. The van der Waals surface area contributed by atoms with Crippen LogP contribution >= 0.6 is 0 Å². The Kier molecular flexibility index (Phi) is 1.75. The molecular formula is C6H12O3. The van der Waals surface area contributed by atoms with Crippen molar-refractivity contribution in [2.24, 2.45) is 0 Å². The molecule has 1 rings (SSSR count). The minimum absolute atomic E-state index is 0.556. The number of aliphatic hydroxyl groups excluding tert-OH is 1. The SMILES string of the molecule is CC(O)C1(C)OCCO1. The molecule has 0 aliphatic carbocycles. The number of hydrogen-bond donors (Lipinski definition) is 1. The highest BCUT2D eigenvalue weighted by molar-refractivity contribution is 4.73. The number of rotatable bonds is 1. The van der Waals surface area contributed by atoms with Gasteiger partial charge in [0.25, 0.3) is 0 Å². The summed E-state index contributed by atoms with van der Waals surface area (Å²) >= 11 is 0. The van der Waals surface area contributed by atoms with Crippen LogP contribution in [0.5, 0.6) is 0 Å². The van der Waals surface area contributed by atoms with Gasteiger partial charge >= 0.3 is 0 Å². The summed E-state index contributed by atoms with van der Waals surface area (Å²) < 4.78 is 10.3. The van der Waals surface area contributed by atoms with Crippen LogP contribution in [0.3, 0.4) is 0 Å². The maximum absolute atomic E-state index is 9.06. The Hall–Kier alpha value is -0.120. The Morgan fingerprint density at radius 3 is 2.11 bits per heavy atom. The first-order chi connectivity index (χ1) is 4.15. The fourth-order valence-electron chi connectivity index (χ4n) is 0.772. The summed E-state index contributed by atoms with van der Waals surface area (Å²) in [6, 6.07) is 0. The largest absolute Gasteiger partial charge is 0.388 e. The molecule has 1 unspecified atom stereocenters. The van der Waals surface area contributed by atoms with Crippen LogP contribution in [0, 0.1) is 0 Å². The second-order valence-electron chi connectivity index (χ2n) is 2.39. The third-order valence-corrected chi connectivity index (χ3v) is 1.62. The van der Waals surface area contributed by atoms with Crippen molar-refractivity contribution < 1.29 is 14.6 Å². The van der Waals surface area contributed by atoms with E-state index in [1.54, 1.807) is 13.8 Å². The third-order valence-electron chi connectivity index (χ3n) is 1.62. The van der Waals surface area contributed by atoms with E-state index in [1.807, 2.05) is 0 Å². The lowest BCUT2D eigenvalue weighted by atomic mass is 10.2. The lowest BCUT2D eigenvalue weighted by molar-refractivity contribution is -0.201. The molecule has 1 saturated heterocycles. The first-order valence-electron chi connectivity index (χ1n) is 3.11. The first-order valence-corrected chi connectivity index (χ1v) is 3.11. The van der Waals surface area contributed by atoms with E-state index in [0.29, 0.717) is 13.2 Å². The predicted molar refractivity (Wildman–Crippen MR) is 32.0 cm³/mol. The van der Waals surface area contributed by atoms with E-state index in [0.717, 1.165) is 0 Å². The van der Waals surface area contributed by atoms with Crippen molar-refractivity contribution in [2.75, 3.05) is 13.2 Å². The second kappa shape index (κ2) is 2.25. The Bertz CT molecular complexity index is 94.5. The fraction of sp³-hybridized carbons (Fsp3) is 1.00. The molecule has 0 spiro atoms. The van der Waals surface area contributed by atoms with Gasteiger partial charge in [-0.25, -0.2) is 0 Å². The molecule has 0 aromatic heterocycles. The van der Waals surface area contributed by atoms with Gasteiger partial charge in [-0.15, -0.1) is 0 Å². The monoisotopic (exact) mass is 132 g/mol. The lowest BCUT2D eigenvalue weighted by Gasteiger charge is -2.24. The Morgan fingerprint density at radius 2 is 1.89 bits per heavy atom. The molecule has 54 valence electrons. The van der Waals surface area contributed by atoms with E-state index in [2.05, 4.69) is 0 Å². The van der Waals surface area contributed by atoms with E-state index in [4.69, 9.17) is 14.6 Å². The van der Waals surface area contributed by atoms with Crippen molar-refractivity contribution in [3.63, 3.8) is 0 Å². The van der Waals surface area contributed by atoms with Crippen LogP contribution in [0.25, 0.3) is 0 Å². The fourth-order valence-corrected chi connectivity index (χ4v) is 0.772. The molecule has 0 aromatic rings. The zero-order valence-electron chi connectivity index (χ0n) is 5.76. The third kappa shape index (κ3) is 1.23. The molecule has 1 atom stereocenters. The molecule has 1 N–H and O–H groups in total. The van der Waals surface area contributed by atoms with E-state index < -0.39 is 11.9 Å². The molecule has 0 radical (unpaired) electrons. The van der Waals surface area contributed by atoms with Gasteiger partial charge in [0, 0.05) is 0 Å². The van der Waals surface area contributed by atoms with Crippen molar-refractivity contribution in [2.45, 2.75) is 25.7 Å². The smallest absolute Gasteiger partial charge is 0.191 e. The van der Waals surface area contributed by atoms with Crippen LogP contribution in [0.4, 0.5) is 0 Å². The van der Waals surface area contributed by atoms with Crippen LogP contribution in [-0.4, -0.2) is 30.2 Å². The topological polar surface area (TPSA) is 38.7 Å². The maximum Gasteiger partial charge on any atom is 0.191 e. The van der Waals surface area contributed by atoms with Crippen LogP contribution < -0.4 is 0 Å². The van der Waals surface area contributed by atoms with Crippen molar-refractivity contribution in [3.05, 3.63) is 0 Å². The van der Waals surface area contributed by atoms with Gasteiger partial charge in [-0.3, -0.25) is 0 Å². The average Bonchev–Trinajstić information content (AvgIpc) is 2.16. The van der Waals surface area contributed by atoms with E-state index in [9.17, 15) is 0 Å². The van der Waals surface area contributed by atoms with Gasteiger partial charge in [0.15, 0.2) is 5.79 Å². The van der Waals surface area contributed by atoms with E-state index in [-0.39, 0.29) is 0 Å². The quantitative estimate of drug-likeness (QED) is 0.551. The Balaban J connectivity index is 2.51. The normalized spacial score (nSPS) is 28.3. The average molecular weight is 132 g/mol. The van der Waals surface area contributed by atoms with E-state index >= 15 is 0 Å². The minimum Gasteiger partial charge on any atom is -0.388 e. The summed E-state index contributed by atoms with van der Waals surface area (Å²) in [6.07, 6.45) is -0.556. The first kappa shape index (κ1) is 6.99. The van der Waals surface area contributed by atoms with Gasteiger partial charge in [0.1, 0.15) is 6.10 Å². The van der Waals surface area contributed by atoms with Crippen LogP contribution in [-0.2, 0) is 9.47 Å². The summed E-state index contributed by atoms with van der Waals surface area (Å²) in [4.78, 5) is 0. The Labute approximate surface area is 54.6 Å². The van der Waals surface area contributed by atoms with Crippen molar-refractivity contribution in [3.8, 4) is 0 Å². The maximum atomic E-state index is 9.06. The Morgan fingerprint density at radius 1 is 1.44 bits per heavy atom. The number of aliphatic hydroxyl groups is 1. The number of ether oxygens (including phenoxy) is 2. The predicted octanol–water partition coefficient (Wildman–Crippen LogP) is 0.130. The van der Waals surface area contributed by atoms with Crippen LogP contribution in [0.1, 0.15) is 13.8 Å². The molecule has 1 aliphatic rings. The van der Waals surface area contributed by atoms with E-state index in [1.165, 1.54) is 0 Å². The molecule has 1 heterocycles. The summed E-state index contributed by atoms with van der Waals surface area (Å²) in [7, 11) is 0. The summed E-state index contributed by atoms with van der Waals surface area (Å²) in [5.74, 6) is -0.750. The lowest BCUT2D eigenvalue weighted by Crippen LogP contribution is -2.38. The molecule has 0 saturated carbocycles. The standard InChI is InChI=1S/C6H12O3/c1-5(7)6(2)8-3-4-9-6/h5,7H,3-4H2,1-2H3. The molecular weight excluding hydrogens is 120 g/mol. The number of hydrogen-bond acceptors (Lipinski definition) is 3. The highest BCUT2D eigenvalue weighted by Gasteiger charge is 2.35. The van der Waals surface area contributed by atoms with Gasteiger partial charge in [0.05, 0.1) is 13.2 Å². The second-order valence-corrected chi connectivity index (χ2v) is 2.39. The van der Waals surface area contributed by atoms with Crippen molar-refractivity contribution in [1.82, 2.24) is 0 Å². The summed E-state index contributed by atoms with van der Waals surface area (Å²) in [5, 5.41) is 9.06. The highest BCUT2D eigenvalue weighted by Crippen LogP contribution is 2.21. The van der Waals surface area contributed by atoms with Gasteiger partial charge in [-0.2, -0.15) is 0 Å². The van der Waals surface area contributed by atoms with Gasteiger partial charge < -0.3 is 14.6 Å². The van der Waals surface area contributed by atoms with Gasteiger partial charge in [-0.05, 0) is 13.8 Å². The van der Waals surface area contributed by atoms with Gasteiger partial charge in [-0.1, -0.05) is 0 Å². The summed E-state index contributed by atoms with van der Waals surface area (Å²) in [6.45, 7) is 4.57. The van der Waals surface area contributed by atoms with Crippen molar-refractivity contribution in [1.29, 1.82) is 0 Å². The summed E-state index contributed by atoms with van der Waals surface area (Å²) in [5.41, 5.74) is 0. The molecule has 0 amide bonds. The zero-order chi connectivity index (χ0) is 6.91.